The van der Waals surface area contributed by atoms with Crippen LogP contribution in [-0.4, -0.2) is 29.3 Å². The number of anilines is 1. The summed E-state index contributed by atoms with van der Waals surface area (Å²) < 4.78 is 1.62. The molecule has 1 rings (SSSR count). The third kappa shape index (κ3) is 5.38. The van der Waals surface area contributed by atoms with Crippen molar-refractivity contribution in [1.29, 1.82) is 0 Å². The lowest BCUT2D eigenvalue weighted by Crippen LogP contribution is -2.23. The van der Waals surface area contributed by atoms with Crippen molar-refractivity contribution in [3.8, 4) is 0 Å². The summed E-state index contributed by atoms with van der Waals surface area (Å²) in [4.78, 5) is 11.1. The van der Waals surface area contributed by atoms with Crippen LogP contribution in [0.2, 0.25) is 0 Å². The average molecular weight is 238 g/mol. The second-order valence-corrected chi connectivity index (χ2v) is 5.34. The van der Waals surface area contributed by atoms with Crippen molar-refractivity contribution in [1.82, 2.24) is 15.1 Å². The lowest BCUT2D eigenvalue weighted by atomic mass is 9.92. The number of amides is 1. The van der Waals surface area contributed by atoms with Crippen LogP contribution in [0.5, 0.6) is 0 Å². The van der Waals surface area contributed by atoms with Gasteiger partial charge in [0, 0.05) is 19.8 Å². The molecule has 1 heterocycles. The van der Waals surface area contributed by atoms with E-state index in [0.29, 0.717) is 5.41 Å². The summed E-state index contributed by atoms with van der Waals surface area (Å²) in [5.74, 6) is -0.0469. The molecular formula is C12H22N4O. The second kappa shape index (κ2) is 5.70. The fraction of sp³-hybridized carbons (Fsp3) is 0.667. The number of aromatic nitrogens is 2. The van der Waals surface area contributed by atoms with Gasteiger partial charge in [0.25, 0.3) is 0 Å². The highest BCUT2D eigenvalue weighted by Gasteiger charge is 2.09. The molecule has 0 aromatic carbocycles. The van der Waals surface area contributed by atoms with Crippen LogP contribution >= 0.6 is 0 Å². The van der Waals surface area contributed by atoms with Gasteiger partial charge in [-0.3, -0.25) is 9.48 Å². The van der Waals surface area contributed by atoms with E-state index in [1.807, 2.05) is 6.20 Å². The van der Waals surface area contributed by atoms with Gasteiger partial charge in [0.05, 0.1) is 11.9 Å². The smallest absolute Gasteiger partial charge is 0.241 e. The zero-order valence-electron chi connectivity index (χ0n) is 11.1. The summed E-state index contributed by atoms with van der Waals surface area (Å²) in [7, 11) is 1.62. The van der Waals surface area contributed by atoms with Crippen LogP contribution in [0.1, 0.15) is 27.2 Å². The molecule has 0 aliphatic rings. The number of likely N-dealkylation sites (N-methyl/N-ethyl adjacent to an activating group) is 1. The number of hydrogen-bond donors (Lipinski definition) is 2. The maximum Gasteiger partial charge on any atom is 0.241 e. The molecule has 0 spiro atoms. The van der Waals surface area contributed by atoms with Gasteiger partial charge in [-0.25, -0.2) is 0 Å². The Morgan fingerprint density at radius 3 is 2.76 bits per heavy atom. The summed E-state index contributed by atoms with van der Waals surface area (Å²) in [6.07, 6.45) is 4.68. The topological polar surface area (TPSA) is 59.0 Å². The fourth-order valence-electron chi connectivity index (χ4n) is 1.35. The lowest BCUT2D eigenvalue weighted by molar-refractivity contribution is -0.121. The van der Waals surface area contributed by atoms with E-state index in [2.05, 4.69) is 36.5 Å². The summed E-state index contributed by atoms with van der Waals surface area (Å²) in [6.45, 7) is 7.81. The lowest BCUT2D eigenvalue weighted by Gasteiger charge is -2.17. The van der Waals surface area contributed by atoms with Gasteiger partial charge < -0.3 is 10.6 Å². The molecular weight excluding hydrogens is 216 g/mol. The molecule has 5 heteroatoms. The molecule has 2 N–H and O–H groups in total. The van der Waals surface area contributed by atoms with E-state index < -0.39 is 0 Å². The number of nitrogens with one attached hydrogen (secondary N) is 2. The summed E-state index contributed by atoms with van der Waals surface area (Å²) in [6, 6.07) is 0. The van der Waals surface area contributed by atoms with Crippen molar-refractivity contribution in [3.63, 3.8) is 0 Å². The third-order valence-electron chi connectivity index (χ3n) is 2.42. The van der Waals surface area contributed by atoms with Crippen molar-refractivity contribution in [2.75, 3.05) is 18.9 Å². The van der Waals surface area contributed by atoms with E-state index in [0.717, 1.165) is 18.7 Å². The van der Waals surface area contributed by atoms with Crippen LogP contribution in [0.4, 0.5) is 5.69 Å². The highest BCUT2D eigenvalue weighted by molar-refractivity contribution is 5.75. The average Bonchev–Trinajstić information content (AvgIpc) is 2.63. The van der Waals surface area contributed by atoms with Crippen molar-refractivity contribution in [2.24, 2.45) is 5.41 Å². The molecule has 17 heavy (non-hydrogen) atoms. The molecule has 0 fully saturated rings. The highest BCUT2D eigenvalue weighted by atomic mass is 16.1. The molecule has 0 unspecified atom stereocenters. The fourth-order valence-corrected chi connectivity index (χ4v) is 1.35. The molecule has 0 saturated carbocycles. The predicted molar refractivity (Wildman–Crippen MR) is 68.9 cm³/mol. The van der Waals surface area contributed by atoms with Crippen molar-refractivity contribution >= 4 is 11.6 Å². The van der Waals surface area contributed by atoms with E-state index in [9.17, 15) is 4.79 Å². The molecule has 0 bridgehead atoms. The maximum atomic E-state index is 11.1. The van der Waals surface area contributed by atoms with E-state index in [1.165, 1.54) is 0 Å². The van der Waals surface area contributed by atoms with Gasteiger partial charge in [0.1, 0.15) is 6.54 Å². The largest absolute Gasteiger partial charge is 0.382 e. The number of rotatable bonds is 5. The Morgan fingerprint density at radius 1 is 1.47 bits per heavy atom. The Kier molecular flexibility index (Phi) is 4.54. The highest BCUT2D eigenvalue weighted by Crippen LogP contribution is 2.18. The van der Waals surface area contributed by atoms with Gasteiger partial charge in [0.15, 0.2) is 0 Å². The molecule has 0 saturated heterocycles. The minimum absolute atomic E-state index is 0.0469. The van der Waals surface area contributed by atoms with Crippen molar-refractivity contribution < 1.29 is 4.79 Å². The summed E-state index contributed by atoms with van der Waals surface area (Å²) >= 11 is 0. The standard InChI is InChI=1S/C12H22N4O/c1-12(2,3)5-6-14-10-7-15-16(8-10)9-11(17)13-4/h7-8,14H,5-6,9H2,1-4H3,(H,13,17). The van der Waals surface area contributed by atoms with Gasteiger partial charge in [-0.2, -0.15) is 5.10 Å². The van der Waals surface area contributed by atoms with Crippen LogP contribution in [0.3, 0.4) is 0 Å². The van der Waals surface area contributed by atoms with Gasteiger partial charge in [0.2, 0.25) is 5.91 Å². The molecule has 5 nitrogen and oxygen atoms in total. The predicted octanol–water partition coefficient (Wildman–Crippen LogP) is 1.48. The third-order valence-corrected chi connectivity index (χ3v) is 2.42. The van der Waals surface area contributed by atoms with Gasteiger partial charge in [-0.15, -0.1) is 0 Å². The monoisotopic (exact) mass is 238 g/mol. The normalized spacial score (nSPS) is 11.3. The first kappa shape index (κ1) is 13.5. The first-order valence-corrected chi connectivity index (χ1v) is 5.87. The van der Waals surface area contributed by atoms with Crippen molar-refractivity contribution in [2.45, 2.75) is 33.7 Å². The quantitative estimate of drug-likeness (QED) is 0.817. The minimum Gasteiger partial charge on any atom is -0.382 e. The van der Waals surface area contributed by atoms with E-state index in [1.54, 1.807) is 17.9 Å². The van der Waals surface area contributed by atoms with Gasteiger partial charge in [-0.1, -0.05) is 20.8 Å². The molecule has 0 atom stereocenters. The van der Waals surface area contributed by atoms with E-state index in [4.69, 9.17) is 0 Å². The minimum atomic E-state index is -0.0469. The van der Waals surface area contributed by atoms with Crippen LogP contribution < -0.4 is 10.6 Å². The van der Waals surface area contributed by atoms with E-state index in [-0.39, 0.29) is 12.5 Å². The molecule has 0 aliphatic carbocycles. The number of nitrogens with zero attached hydrogens (tertiary/aromatic N) is 2. The van der Waals surface area contributed by atoms with Gasteiger partial charge >= 0.3 is 0 Å². The zero-order chi connectivity index (χ0) is 12.9. The Bertz CT molecular complexity index is 365. The summed E-state index contributed by atoms with van der Waals surface area (Å²) in [5, 5.41) is 9.98. The van der Waals surface area contributed by atoms with Crippen LogP contribution in [0.15, 0.2) is 12.4 Å². The maximum absolute atomic E-state index is 11.1. The number of hydrogen-bond acceptors (Lipinski definition) is 3. The molecule has 1 aromatic rings. The number of carbonyl (C=O) groups is 1. The number of carbonyl (C=O) groups excluding carboxylic acids is 1. The molecule has 1 aromatic heterocycles. The molecule has 0 aliphatic heterocycles. The molecule has 0 radical (unpaired) electrons. The Labute approximate surface area is 103 Å². The van der Waals surface area contributed by atoms with Crippen LogP contribution in [-0.2, 0) is 11.3 Å². The first-order chi connectivity index (χ1) is 7.90. The zero-order valence-corrected chi connectivity index (χ0v) is 11.1. The Morgan fingerprint density at radius 2 is 2.18 bits per heavy atom. The van der Waals surface area contributed by atoms with Crippen molar-refractivity contribution in [3.05, 3.63) is 12.4 Å². The van der Waals surface area contributed by atoms with E-state index >= 15 is 0 Å². The molecule has 1 amide bonds. The summed E-state index contributed by atoms with van der Waals surface area (Å²) in [5.41, 5.74) is 1.28. The Hall–Kier alpha value is -1.52. The SMILES string of the molecule is CNC(=O)Cn1cc(NCCC(C)(C)C)cn1. The Balaban J connectivity index is 2.38. The van der Waals surface area contributed by atoms with Gasteiger partial charge in [-0.05, 0) is 11.8 Å². The van der Waals surface area contributed by atoms with Crippen LogP contribution in [0, 0.1) is 5.41 Å². The van der Waals surface area contributed by atoms with Crippen LogP contribution in [0.25, 0.3) is 0 Å². The molecule has 96 valence electrons. The first-order valence-electron chi connectivity index (χ1n) is 5.87. The second-order valence-electron chi connectivity index (χ2n) is 5.34.